The van der Waals surface area contributed by atoms with Crippen LogP contribution in [0.3, 0.4) is 0 Å². The van der Waals surface area contributed by atoms with E-state index in [2.05, 4.69) is 20.0 Å². The molecule has 1 aliphatic rings. The van der Waals surface area contributed by atoms with Crippen molar-refractivity contribution >= 4 is 11.9 Å². The molecule has 3 N–H and O–H groups in total. The minimum Gasteiger partial charge on any atom is -0.404 e. The zero-order valence-corrected chi connectivity index (χ0v) is 17.2. The van der Waals surface area contributed by atoms with Gasteiger partial charge in [0.2, 0.25) is 0 Å². The number of nitrogens with zero attached hydrogens (tertiary/aromatic N) is 3. The number of nitrogens with two attached hydrogens (primary N) is 1. The minimum atomic E-state index is -5.30. The molecule has 0 spiro atoms. The van der Waals surface area contributed by atoms with Crippen molar-refractivity contribution in [3.05, 3.63) is 84.4 Å². The van der Waals surface area contributed by atoms with E-state index in [4.69, 9.17) is 5.73 Å². The molecule has 2 unspecified atom stereocenters. The molecule has 0 radical (unpaired) electrons. The lowest BCUT2D eigenvalue weighted by Gasteiger charge is -2.32. The third-order valence-corrected chi connectivity index (χ3v) is 5.37. The van der Waals surface area contributed by atoms with Crippen LogP contribution in [0.25, 0.3) is 11.1 Å². The number of esters is 1. The first-order chi connectivity index (χ1) is 15.6. The summed E-state index contributed by atoms with van der Waals surface area (Å²) in [6.07, 6.45) is -0.776. The van der Waals surface area contributed by atoms with Gasteiger partial charge in [0.25, 0.3) is 5.91 Å². The second-order valence-corrected chi connectivity index (χ2v) is 7.40. The quantitative estimate of drug-likeness (QED) is 0.456. The summed E-state index contributed by atoms with van der Waals surface area (Å²) >= 11 is 0. The van der Waals surface area contributed by atoms with Gasteiger partial charge >= 0.3 is 18.1 Å². The van der Waals surface area contributed by atoms with Gasteiger partial charge in [0.1, 0.15) is 6.33 Å². The summed E-state index contributed by atoms with van der Waals surface area (Å²) in [5.74, 6) is -5.81. The number of likely N-dealkylation sites (N-methyl/N-ethyl adjacent to an activating group) is 1. The van der Waals surface area contributed by atoms with E-state index in [1.165, 1.54) is 6.33 Å². The van der Waals surface area contributed by atoms with Gasteiger partial charge in [0.05, 0.1) is 0 Å². The summed E-state index contributed by atoms with van der Waals surface area (Å²) in [5, 5.41) is 2.67. The van der Waals surface area contributed by atoms with Crippen molar-refractivity contribution in [2.24, 2.45) is 5.73 Å². The van der Waals surface area contributed by atoms with Crippen LogP contribution in [0.2, 0.25) is 0 Å². The summed E-state index contributed by atoms with van der Waals surface area (Å²) in [4.78, 5) is 33.9. The lowest BCUT2D eigenvalue weighted by Crippen LogP contribution is -2.64. The molecule has 11 heteroatoms. The molecule has 0 saturated carbocycles. The van der Waals surface area contributed by atoms with Gasteiger partial charge in [0.15, 0.2) is 5.54 Å². The van der Waals surface area contributed by atoms with Gasteiger partial charge in [-0.25, -0.2) is 20.1 Å². The van der Waals surface area contributed by atoms with Gasteiger partial charge in [-0.05, 0) is 22.8 Å². The Morgan fingerprint density at radius 1 is 1.03 bits per heavy atom. The molecule has 2 aromatic carbocycles. The summed E-state index contributed by atoms with van der Waals surface area (Å²) in [5.41, 5.74) is 6.34. The zero-order valence-electron chi connectivity index (χ0n) is 17.2. The van der Waals surface area contributed by atoms with E-state index in [0.717, 1.165) is 11.9 Å². The van der Waals surface area contributed by atoms with Crippen molar-refractivity contribution in [2.45, 2.75) is 17.7 Å². The van der Waals surface area contributed by atoms with Crippen LogP contribution in [0.4, 0.5) is 13.2 Å². The Morgan fingerprint density at radius 2 is 1.67 bits per heavy atom. The maximum Gasteiger partial charge on any atom is 0.491 e. The molecule has 2 atom stereocenters. The first-order valence-corrected chi connectivity index (χ1v) is 9.66. The first kappa shape index (κ1) is 22.4. The highest BCUT2D eigenvalue weighted by Crippen LogP contribution is 2.40. The number of alkyl halides is 3. The fraction of sp³-hybridized carbons (Fsp3) is 0.182. The Kier molecular flexibility index (Phi) is 5.38. The highest BCUT2D eigenvalue weighted by molar-refractivity contribution is 5.95. The van der Waals surface area contributed by atoms with E-state index in [-0.39, 0.29) is 0 Å². The summed E-state index contributed by atoms with van der Waals surface area (Å²) in [6.45, 7) is 0. The third-order valence-electron chi connectivity index (χ3n) is 5.37. The molecule has 170 valence electrons. The van der Waals surface area contributed by atoms with E-state index in [1.54, 1.807) is 67.0 Å². The van der Waals surface area contributed by atoms with Gasteiger partial charge in [-0.3, -0.25) is 15.4 Å². The molecule has 1 amide bonds. The Labute approximate surface area is 186 Å². The van der Waals surface area contributed by atoms with E-state index >= 15 is 0 Å². The molecule has 0 bridgehead atoms. The largest absolute Gasteiger partial charge is 0.491 e. The first-order valence-electron chi connectivity index (χ1n) is 9.66. The minimum absolute atomic E-state index is 0.363. The fourth-order valence-electron chi connectivity index (χ4n) is 3.73. The molecule has 2 heterocycles. The topological polar surface area (TPSA) is 110 Å². The van der Waals surface area contributed by atoms with Crippen LogP contribution in [0.15, 0.2) is 73.3 Å². The Morgan fingerprint density at radius 3 is 2.30 bits per heavy atom. The van der Waals surface area contributed by atoms with Gasteiger partial charge < -0.3 is 4.74 Å². The van der Waals surface area contributed by atoms with Crippen LogP contribution in [-0.2, 0) is 19.9 Å². The highest BCUT2D eigenvalue weighted by Gasteiger charge is 2.62. The normalized spacial score (nSPS) is 22.9. The van der Waals surface area contributed by atoms with Crippen LogP contribution in [0.1, 0.15) is 11.1 Å². The van der Waals surface area contributed by atoms with Crippen molar-refractivity contribution in [3.8, 4) is 11.1 Å². The van der Waals surface area contributed by atoms with Crippen LogP contribution in [-0.4, -0.2) is 45.9 Å². The predicted molar refractivity (Wildman–Crippen MR) is 110 cm³/mol. The molecular formula is C22H18F3N5O3. The second kappa shape index (κ2) is 7.94. The number of nitrogens with one attached hydrogen (secondary N) is 1. The maximum atomic E-state index is 13.6. The molecule has 0 aliphatic carbocycles. The summed E-state index contributed by atoms with van der Waals surface area (Å²) in [6, 6.07) is 15.0. The molecule has 1 aliphatic heterocycles. The van der Waals surface area contributed by atoms with Crippen LogP contribution >= 0.6 is 0 Å². The lowest BCUT2D eigenvalue weighted by atomic mass is 9.81. The number of aromatic nitrogens is 2. The fourth-order valence-corrected chi connectivity index (χ4v) is 3.73. The molecule has 1 fully saturated rings. The number of halogens is 3. The number of ether oxygens (including phenoxy) is 1. The van der Waals surface area contributed by atoms with E-state index in [9.17, 15) is 22.8 Å². The molecule has 4 rings (SSSR count). The molecule has 1 saturated heterocycles. The highest BCUT2D eigenvalue weighted by atomic mass is 19.4. The number of benzene rings is 2. The van der Waals surface area contributed by atoms with Crippen molar-refractivity contribution in [2.75, 3.05) is 7.05 Å². The average Bonchev–Trinajstić information content (AvgIpc) is 3.01. The smallest absolute Gasteiger partial charge is 0.404 e. The molecule has 1 aromatic heterocycles. The average molecular weight is 457 g/mol. The maximum absolute atomic E-state index is 13.6. The van der Waals surface area contributed by atoms with E-state index in [0.29, 0.717) is 22.3 Å². The molecule has 8 nitrogen and oxygen atoms in total. The Hall–Kier alpha value is -3.83. The lowest BCUT2D eigenvalue weighted by molar-refractivity contribution is -0.228. The number of carbonyl (C=O) groups is 2. The van der Waals surface area contributed by atoms with Gasteiger partial charge in [0, 0.05) is 25.0 Å². The van der Waals surface area contributed by atoms with Crippen molar-refractivity contribution < 1.29 is 27.5 Å². The van der Waals surface area contributed by atoms with Crippen LogP contribution in [0.5, 0.6) is 0 Å². The van der Waals surface area contributed by atoms with Crippen molar-refractivity contribution in [3.63, 3.8) is 0 Å². The number of hydrogen-bond acceptors (Lipinski definition) is 7. The zero-order chi connectivity index (χ0) is 23.9. The molecule has 33 heavy (non-hydrogen) atoms. The summed E-state index contributed by atoms with van der Waals surface area (Å²) in [7, 11) is 1.15. The third kappa shape index (κ3) is 3.81. The number of rotatable bonds is 4. The Balaban J connectivity index is 1.87. The monoisotopic (exact) mass is 457 g/mol. The van der Waals surface area contributed by atoms with E-state index < -0.39 is 29.6 Å². The number of amides is 1. The van der Waals surface area contributed by atoms with Gasteiger partial charge in [-0.15, -0.1) is 0 Å². The molecular weight excluding hydrogens is 439 g/mol. The standard InChI is InChI=1S/C22H18F3N5O3/c1-30-18(31)20(16-7-3-2-4-8-16,29-22(30,26)33-19(32)21(23,24)25)17-9-5-6-14(10-17)15-11-27-13-28-12-15/h2-13,29H,26H2,1H3. The Bertz CT molecular complexity index is 1190. The van der Waals surface area contributed by atoms with Crippen molar-refractivity contribution in [1.29, 1.82) is 0 Å². The number of carbonyl (C=O) groups excluding carboxylic acids is 2. The van der Waals surface area contributed by atoms with Gasteiger partial charge in [-0.1, -0.05) is 48.5 Å². The molecule has 3 aromatic rings. The van der Waals surface area contributed by atoms with Crippen LogP contribution in [0, 0.1) is 0 Å². The van der Waals surface area contributed by atoms with Crippen LogP contribution < -0.4 is 11.1 Å². The summed E-state index contributed by atoms with van der Waals surface area (Å²) < 4.78 is 43.3. The predicted octanol–water partition coefficient (Wildman–Crippen LogP) is 2.12. The number of hydrogen-bond donors (Lipinski definition) is 2. The second-order valence-electron chi connectivity index (χ2n) is 7.40. The SMILES string of the molecule is CN1C(=O)C(c2ccccc2)(c2cccc(-c3cncnc3)c2)NC1(N)OC(=O)C(F)(F)F. The van der Waals surface area contributed by atoms with Gasteiger partial charge in [-0.2, -0.15) is 13.2 Å². The van der Waals surface area contributed by atoms with Crippen molar-refractivity contribution in [1.82, 2.24) is 20.2 Å². The van der Waals surface area contributed by atoms with E-state index in [1.807, 2.05) is 0 Å².